The van der Waals surface area contributed by atoms with Crippen LogP contribution in [0.3, 0.4) is 0 Å². The number of alkyl halides is 3. The monoisotopic (exact) mass is 246 g/mol. The molecule has 0 aliphatic heterocycles. The molecule has 3 nitrogen and oxygen atoms in total. The molecule has 0 amide bonds. The summed E-state index contributed by atoms with van der Waals surface area (Å²) in [6, 6.07) is 3.15. The molecule has 1 N–H and O–H groups in total. The van der Waals surface area contributed by atoms with E-state index in [1.807, 2.05) is 0 Å². The van der Waals surface area contributed by atoms with Crippen molar-refractivity contribution in [2.75, 3.05) is 7.11 Å². The van der Waals surface area contributed by atoms with Crippen LogP contribution in [-0.4, -0.2) is 18.2 Å². The number of carbonyl (C=O) groups is 1. The zero-order valence-electron chi connectivity index (χ0n) is 8.78. The summed E-state index contributed by atoms with van der Waals surface area (Å²) in [5, 5.41) is 8.39. The summed E-state index contributed by atoms with van der Waals surface area (Å²) < 4.78 is 42.1. The normalized spacial score (nSPS) is 11.8. The summed E-state index contributed by atoms with van der Waals surface area (Å²) in [6.07, 6.45) is -2.48. The average molecular weight is 246 g/mol. The SMILES string of the molecule is COc1cc(C=CC(=O)O)ccc1C(F)(F)F. The van der Waals surface area contributed by atoms with Gasteiger partial charge in [0.1, 0.15) is 5.75 Å². The van der Waals surface area contributed by atoms with Gasteiger partial charge in [0.25, 0.3) is 0 Å². The third-order valence-corrected chi connectivity index (χ3v) is 1.95. The van der Waals surface area contributed by atoms with Crippen molar-refractivity contribution in [1.29, 1.82) is 0 Å². The van der Waals surface area contributed by atoms with E-state index in [1.54, 1.807) is 0 Å². The number of hydrogen-bond donors (Lipinski definition) is 1. The molecule has 0 aromatic heterocycles. The van der Waals surface area contributed by atoms with Crippen LogP contribution in [0.25, 0.3) is 6.08 Å². The van der Waals surface area contributed by atoms with Crippen molar-refractivity contribution in [1.82, 2.24) is 0 Å². The highest BCUT2D eigenvalue weighted by atomic mass is 19.4. The molecular formula is C11H9F3O3. The predicted octanol–water partition coefficient (Wildman–Crippen LogP) is 2.81. The fraction of sp³-hybridized carbons (Fsp3) is 0.182. The van der Waals surface area contributed by atoms with Gasteiger partial charge in [0.2, 0.25) is 0 Å². The van der Waals surface area contributed by atoms with E-state index in [0.717, 1.165) is 25.3 Å². The minimum Gasteiger partial charge on any atom is -0.496 e. The fourth-order valence-corrected chi connectivity index (χ4v) is 1.21. The number of benzene rings is 1. The zero-order valence-corrected chi connectivity index (χ0v) is 8.78. The smallest absolute Gasteiger partial charge is 0.419 e. The molecule has 0 atom stereocenters. The Hall–Kier alpha value is -1.98. The van der Waals surface area contributed by atoms with Crippen molar-refractivity contribution < 1.29 is 27.8 Å². The third-order valence-electron chi connectivity index (χ3n) is 1.95. The molecule has 92 valence electrons. The van der Waals surface area contributed by atoms with Crippen molar-refractivity contribution in [3.63, 3.8) is 0 Å². The van der Waals surface area contributed by atoms with Crippen molar-refractivity contribution in [2.24, 2.45) is 0 Å². The molecule has 0 heterocycles. The van der Waals surface area contributed by atoms with Crippen LogP contribution in [0.2, 0.25) is 0 Å². The van der Waals surface area contributed by atoms with Gasteiger partial charge >= 0.3 is 12.1 Å². The number of ether oxygens (including phenoxy) is 1. The van der Waals surface area contributed by atoms with Gasteiger partial charge in [-0.1, -0.05) is 6.07 Å². The highest BCUT2D eigenvalue weighted by Crippen LogP contribution is 2.36. The third kappa shape index (κ3) is 3.51. The van der Waals surface area contributed by atoms with E-state index < -0.39 is 17.7 Å². The Bertz CT molecular complexity index is 450. The predicted molar refractivity (Wildman–Crippen MR) is 54.7 cm³/mol. The molecule has 0 saturated heterocycles. The van der Waals surface area contributed by atoms with Gasteiger partial charge in [-0.25, -0.2) is 4.79 Å². The van der Waals surface area contributed by atoms with Crippen LogP contribution in [0.15, 0.2) is 24.3 Å². The molecule has 0 spiro atoms. The maximum Gasteiger partial charge on any atom is 0.419 e. The van der Waals surface area contributed by atoms with Gasteiger partial charge in [0.05, 0.1) is 12.7 Å². The number of hydrogen-bond acceptors (Lipinski definition) is 2. The summed E-state index contributed by atoms with van der Waals surface area (Å²) in [4.78, 5) is 10.3. The number of carboxylic acid groups (broad SMARTS) is 1. The number of methoxy groups -OCH3 is 1. The number of aliphatic carboxylic acids is 1. The van der Waals surface area contributed by atoms with E-state index in [9.17, 15) is 18.0 Å². The Kier molecular flexibility index (Phi) is 3.77. The lowest BCUT2D eigenvalue weighted by atomic mass is 10.1. The first-order chi connectivity index (χ1) is 7.84. The lowest BCUT2D eigenvalue weighted by Crippen LogP contribution is -2.07. The Morgan fingerprint density at radius 1 is 1.41 bits per heavy atom. The average Bonchev–Trinajstić information content (AvgIpc) is 2.24. The van der Waals surface area contributed by atoms with E-state index >= 15 is 0 Å². The molecular weight excluding hydrogens is 237 g/mol. The lowest BCUT2D eigenvalue weighted by molar-refractivity contribution is -0.138. The van der Waals surface area contributed by atoms with Gasteiger partial charge in [0.15, 0.2) is 0 Å². The van der Waals surface area contributed by atoms with Crippen molar-refractivity contribution in [3.8, 4) is 5.75 Å². The molecule has 0 radical (unpaired) electrons. The summed E-state index contributed by atoms with van der Waals surface area (Å²) in [5.41, 5.74) is -0.579. The van der Waals surface area contributed by atoms with Gasteiger partial charge in [-0.2, -0.15) is 13.2 Å². The lowest BCUT2D eigenvalue weighted by Gasteiger charge is -2.12. The summed E-state index contributed by atoms with van der Waals surface area (Å²) in [6.45, 7) is 0. The highest BCUT2D eigenvalue weighted by Gasteiger charge is 2.34. The molecule has 1 rings (SSSR count). The molecule has 1 aromatic carbocycles. The van der Waals surface area contributed by atoms with Gasteiger partial charge in [-0.3, -0.25) is 0 Å². The minimum absolute atomic E-state index is 0.317. The van der Waals surface area contributed by atoms with Crippen molar-refractivity contribution >= 4 is 12.0 Å². The Morgan fingerprint density at radius 3 is 2.53 bits per heavy atom. The van der Waals surface area contributed by atoms with E-state index in [0.29, 0.717) is 5.56 Å². The van der Waals surface area contributed by atoms with Gasteiger partial charge in [0, 0.05) is 6.08 Å². The first-order valence-electron chi connectivity index (χ1n) is 4.51. The van der Waals surface area contributed by atoms with Gasteiger partial charge < -0.3 is 9.84 Å². The van der Waals surface area contributed by atoms with E-state index in [1.165, 1.54) is 12.1 Å². The molecule has 0 aliphatic rings. The van der Waals surface area contributed by atoms with Crippen LogP contribution < -0.4 is 4.74 Å². The van der Waals surface area contributed by atoms with E-state index in [2.05, 4.69) is 4.74 Å². The fourth-order valence-electron chi connectivity index (χ4n) is 1.21. The quantitative estimate of drug-likeness (QED) is 0.834. The first-order valence-corrected chi connectivity index (χ1v) is 4.51. The maximum atomic E-state index is 12.5. The molecule has 1 aromatic rings. The van der Waals surface area contributed by atoms with Gasteiger partial charge in [-0.15, -0.1) is 0 Å². The molecule has 17 heavy (non-hydrogen) atoms. The molecule has 0 bridgehead atoms. The number of rotatable bonds is 3. The molecule has 0 fully saturated rings. The molecule has 0 unspecified atom stereocenters. The summed E-state index contributed by atoms with van der Waals surface area (Å²) in [7, 11) is 1.12. The number of halogens is 3. The number of carboxylic acids is 1. The maximum absolute atomic E-state index is 12.5. The first kappa shape index (κ1) is 13.1. The van der Waals surface area contributed by atoms with Gasteiger partial charge in [-0.05, 0) is 23.8 Å². The van der Waals surface area contributed by atoms with Crippen LogP contribution in [-0.2, 0) is 11.0 Å². The van der Waals surface area contributed by atoms with Crippen LogP contribution in [0.1, 0.15) is 11.1 Å². The second kappa shape index (κ2) is 4.90. The Morgan fingerprint density at radius 2 is 2.06 bits per heavy atom. The highest BCUT2D eigenvalue weighted by molar-refractivity contribution is 5.85. The summed E-state index contributed by atoms with van der Waals surface area (Å²) >= 11 is 0. The molecule has 0 saturated carbocycles. The van der Waals surface area contributed by atoms with Crippen LogP contribution >= 0.6 is 0 Å². The second-order valence-corrected chi connectivity index (χ2v) is 3.13. The molecule has 6 heteroatoms. The van der Waals surface area contributed by atoms with E-state index in [-0.39, 0.29) is 5.75 Å². The minimum atomic E-state index is -4.50. The topological polar surface area (TPSA) is 46.5 Å². The molecule has 0 aliphatic carbocycles. The Balaban J connectivity index is 3.13. The standard InChI is InChI=1S/C11H9F3O3/c1-17-9-6-7(3-5-10(15)16)2-4-8(9)11(12,13)14/h2-6H,1H3,(H,15,16). The largest absolute Gasteiger partial charge is 0.496 e. The van der Waals surface area contributed by atoms with Crippen LogP contribution in [0.5, 0.6) is 5.75 Å². The second-order valence-electron chi connectivity index (χ2n) is 3.13. The summed E-state index contributed by atoms with van der Waals surface area (Å²) in [5.74, 6) is -1.52. The van der Waals surface area contributed by atoms with Crippen LogP contribution in [0, 0.1) is 0 Å². The Labute approximate surface area is 95.1 Å². The van der Waals surface area contributed by atoms with Crippen LogP contribution in [0.4, 0.5) is 13.2 Å². The zero-order chi connectivity index (χ0) is 13.1. The van der Waals surface area contributed by atoms with Crippen molar-refractivity contribution in [2.45, 2.75) is 6.18 Å². The van der Waals surface area contributed by atoms with Crippen molar-refractivity contribution in [3.05, 3.63) is 35.4 Å². The van der Waals surface area contributed by atoms with E-state index in [4.69, 9.17) is 5.11 Å².